The Morgan fingerprint density at radius 1 is 1.07 bits per heavy atom. The third-order valence-electron chi connectivity index (χ3n) is 4.77. The van der Waals surface area contributed by atoms with Crippen molar-refractivity contribution in [3.05, 3.63) is 88.4 Å². The molecule has 1 unspecified atom stereocenters. The van der Waals surface area contributed by atoms with E-state index in [1.54, 1.807) is 35.9 Å². The van der Waals surface area contributed by atoms with Gasteiger partial charge in [0, 0.05) is 15.7 Å². The van der Waals surface area contributed by atoms with Gasteiger partial charge in [0.1, 0.15) is 11.1 Å². The summed E-state index contributed by atoms with van der Waals surface area (Å²) in [4.78, 5) is 26.8. The van der Waals surface area contributed by atoms with Crippen LogP contribution in [0.1, 0.15) is 21.3 Å². The van der Waals surface area contributed by atoms with Gasteiger partial charge in [0.25, 0.3) is 5.91 Å². The number of ether oxygens (including phenoxy) is 1. The number of hydrogen-bond acceptors (Lipinski definition) is 4. The van der Waals surface area contributed by atoms with E-state index in [0.29, 0.717) is 22.8 Å². The topological polar surface area (TPSA) is 58.6 Å². The van der Waals surface area contributed by atoms with Gasteiger partial charge < -0.3 is 10.1 Å². The number of hydrogen-bond donors (Lipinski definition) is 1. The maximum atomic E-state index is 12.6. The van der Waals surface area contributed by atoms with Gasteiger partial charge in [-0.3, -0.25) is 14.5 Å². The van der Waals surface area contributed by atoms with Gasteiger partial charge in [-0.1, -0.05) is 40.2 Å². The van der Waals surface area contributed by atoms with Crippen molar-refractivity contribution >= 4 is 50.9 Å². The summed E-state index contributed by atoms with van der Waals surface area (Å²) in [5, 5.41) is 2.76. The highest BCUT2D eigenvalue weighted by atomic mass is 79.9. The molecule has 152 valence electrons. The zero-order valence-electron chi connectivity index (χ0n) is 16.2. The molecule has 1 aliphatic heterocycles. The molecule has 1 heterocycles. The molecular weight excluding hydrogens is 464 g/mol. The average Bonchev–Trinajstić information content (AvgIpc) is 3.15. The summed E-state index contributed by atoms with van der Waals surface area (Å²) < 4.78 is 6.37. The summed E-state index contributed by atoms with van der Waals surface area (Å²) in [5.41, 5.74) is 3.03. The maximum Gasteiger partial charge on any atom is 0.255 e. The van der Waals surface area contributed by atoms with E-state index in [1.165, 1.54) is 0 Å². The Morgan fingerprint density at radius 3 is 2.47 bits per heavy atom. The van der Waals surface area contributed by atoms with Crippen LogP contribution in [0.15, 0.2) is 77.3 Å². The second-order valence-electron chi connectivity index (χ2n) is 6.68. The molecule has 1 N–H and O–H groups in total. The van der Waals surface area contributed by atoms with Gasteiger partial charge >= 0.3 is 0 Å². The van der Waals surface area contributed by atoms with Crippen molar-refractivity contribution in [3.63, 3.8) is 0 Å². The zero-order valence-corrected chi connectivity index (χ0v) is 18.6. The average molecular weight is 483 g/mol. The Morgan fingerprint density at radius 2 is 1.77 bits per heavy atom. The van der Waals surface area contributed by atoms with Crippen LogP contribution in [0, 0.1) is 0 Å². The number of carbonyl (C=O) groups is 2. The first-order valence-corrected chi connectivity index (χ1v) is 11.1. The number of methoxy groups -OCH3 is 1. The fourth-order valence-corrected chi connectivity index (χ4v) is 4.73. The molecule has 0 radical (unpaired) electrons. The van der Waals surface area contributed by atoms with E-state index in [9.17, 15) is 9.59 Å². The Labute approximate surface area is 187 Å². The Bertz CT molecular complexity index is 1070. The molecule has 0 bridgehead atoms. The van der Waals surface area contributed by atoms with Crippen molar-refractivity contribution in [3.8, 4) is 5.75 Å². The predicted octanol–water partition coefficient (Wildman–Crippen LogP) is 5.49. The van der Waals surface area contributed by atoms with E-state index in [1.807, 2.05) is 60.7 Å². The number of nitrogens with one attached hydrogen (secondary N) is 1. The van der Waals surface area contributed by atoms with Crippen molar-refractivity contribution in [1.29, 1.82) is 0 Å². The zero-order chi connectivity index (χ0) is 21.1. The van der Waals surface area contributed by atoms with Crippen molar-refractivity contribution in [2.45, 2.75) is 5.37 Å². The van der Waals surface area contributed by atoms with Crippen molar-refractivity contribution < 1.29 is 14.3 Å². The van der Waals surface area contributed by atoms with Crippen molar-refractivity contribution in [1.82, 2.24) is 0 Å². The van der Waals surface area contributed by atoms with Crippen LogP contribution < -0.4 is 15.0 Å². The molecule has 3 aromatic carbocycles. The molecular formula is C23H19BrN2O3S. The highest BCUT2D eigenvalue weighted by molar-refractivity contribution is 9.10. The molecule has 5 nitrogen and oxygen atoms in total. The molecule has 30 heavy (non-hydrogen) atoms. The molecule has 2 amide bonds. The molecule has 1 atom stereocenters. The summed E-state index contributed by atoms with van der Waals surface area (Å²) in [7, 11) is 1.60. The number of thioether (sulfide) groups is 1. The van der Waals surface area contributed by atoms with Gasteiger partial charge in [0.2, 0.25) is 5.91 Å². The second-order valence-corrected chi connectivity index (χ2v) is 8.67. The standard InChI is InChI=1S/C23H19BrN2O3S/c1-29-20-5-3-2-4-19(20)26-21(27)14-30-23(26)16-8-12-18(13-9-16)25-22(28)15-6-10-17(24)11-7-15/h2-13,23H,14H2,1H3,(H,25,28). The van der Waals surface area contributed by atoms with E-state index in [-0.39, 0.29) is 17.2 Å². The van der Waals surface area contributed by atoms with Gasteiger partial charge in [0.15, 0.2) is 0 Å². The normalized spacial score (nSPS) is 15.9. The molecule has 0 aromatic heterocycles. The number of para-hydroxylation sites is 2. The third-order valence-corrected chi connectivity index (χ3v) is 6.51. The number of anilines is 2. The van der Waals surface area contributed by atoms with Crippen LogP contribution in [0.2, 0.25) is 0 Å². The highest BCUT2D eigenvalue weighted by Gasteiger charge is 2.35. The number of nitrogens with zero attached hydrogens (tertiary/aromatic N) is 1. The van der Waals surface area contributed by atoms with Gasteiger partial charge in [-0.25, -0.2) is 0 Å². The molecule has 0 saturated carbocycles. The van der Waals surface area contributed by atoms with Gasteiger partial charge in [-0.05, 0) is 54.1 Å². The Kier molecular flexibility index (Phi) is 6.11. The van der Waals surface area contributed by atoms with Gasteiger partial charge in [0.05, 0.1) is 18.6 Å². The minimum absolute atomic E-state index is 0.0436. The summed E-state index contributed by atoms with van der Waals surface area (Å²) in [6.45, 7) is 0. The molecule has 0 aliphatic carbocycles. The van der Waals surface area contributed by atoms with Crippen LogP contribution in [0.25, 0.3) is 0 Å². The quantitative estimate of drug-likeness (QED) is 0.522. The largest absolute Gasteiger partial charge is 0.495 e. The number of amides is 2. The Balaban J connectivity index is 1.53. The summed E-state index contributed by atoms with van der Waals surface area (Å²) in [6, 6.07) is 22.3. The molecule has 1 fully saturated rings. The summed E-state index contributed by atoms with van der Waals surface area (Å²) >= 11 is 4.94. The van der Waals surface area contributed by atoms with Gasteiger partial charge in [-0.15, -0.1) is 11.8 Å². The number of benzene rings is 3. The second kappa shape index (κ2) is 8.93. The third kappa shape index (κ3) is 4.22. The van der Waals surface area contributed by atoms with Crippen LogP contribution in [-0.2, 0) is 4.79 Å². The van der Waals surface area contributed by atoms with Crippen LogP contribution >= 0.6 is 27.7 Å². The van der Waals surface area contributed by atoms with Crippen molar-refractivity contribution in [2.75, 3.05) is 23.1 Å². The lowest BCUT2D eigenvalue weighted by Crippen LogP contribution is -2.28. The number of carbonyl (C=O) groups excluding carboxylic acids is 2. The molecule has 3 aromatic rings. The lowest BCUT2D eigenvalue weighted by Gasteiger charge is -2.26. The van der Waals surface area contributed by atoms with Gasteiger partial charge in [-0.2, -0.15) is 0 Å². The molecule has 4 rings (SSSR count). The van der Waals surface area contributed by atoms with E-state index in [0.717, 1.165) is 15.7 Å². The predicted molar refractivity (Wildman–Crippen MR) is 124 cm³/mol. The summed E-state index contributed by atoms with van der Waals surface area (Å²) in [6.07, 6.45) is 0. The molecule has 1 saturated heterocycles. The SMILES string of the molecule is COc1ccccc1N1C(=O)CSC1c1ccc(NC(=O)c2ccc(Br)cc2)cc1. The smallest absolute Gasteiger partial charge is 0.255 e. The van der Waals surface area contributed by atoms with Crippen LogP contribution in [0.4, 0.5) is 11.4 Å². The lowest BCUT2D eigenvalue weighted by atomic mass is 10.1. The highest BCUT2D eigenvalue weighted by Crippen LogP contribution is 2.44. The van der Waals surface area contributed by atoms with E-state index in [4.69, 9.17) is 4.74 Å². The van der Waals surface area contributed by atoms with E-state index >= 15 is 0 Å². The minimum Gasteiger partial charge on any atom is -0.495 e. The summed E-state index contributed by atoms with van der Waals surface area (Å²) in [5.74, 6) is 0.945. The maximum absolute atomic E-state index is 12.6. The van der Waals surface area contributed by atoms with Crippen molar-refractivity contribution in [2.24, 2.45) is 0 Å². The number of rotatable bonds is 5. The van der Waals surface area contributed by atoms with E-state index < -0.39 is 0 Å². The minimum atomic E-state index is -0.170. The monoisotopic (exact) mass is 482 g/mol. The molecule has 7 heteroatoms. The first-order valence-electron chi connectivity index (χ1n) is 9.30. The first kappa shape index (κ1) is 20.5. The molecule has 0 spiro atoms. The fourth-order valence-electron chi connectivity index (χ4n) is 3.30. The lowest BCUT2D eigenvalue weighted by molar-refractivity contribution is -0.115. The fraction of sp³-hybridized carbons (Fsp3) is 0.130. The first-order chi connectivity index (χ1) is 14.6. The molecule has 1 aliphatic rings. The van der Waals surface area contributed by atoms with E-state index in [2.05, 4.69) is 21.2 Å². The van der Waals surface area contributed by atoms with Crippen LogP contribution in [-0.4, -0.2) is 24.7 Å². The van der Waals surface area contributed by atoms with Crippen LogP contribution in [0.3, 0.4) is 0 Å². The number of halogens is 1. The Hall–Kier alpha value is -2.77. The van der Waals surface area contributed by atoms with Crippen LogP contribution in [0.5, 0.6) is 5.75 Å².